The van der Waals surface area contributed by atoms with E-state index >= 15 is 0 Å². The second kappa shape index (κ2) is 3.29. The van der Waals surface area contributed by atoms with Gasteiger partial charge in [0.2, 0.25) is 0 Å². The summed E-state index contributed by atoms with van der Waals surface area (Å²) < 4.78 is 10.4. The predicted molar refractivity (Wildman–Crippen MR) is 47.3 cm³/mol. The molecule has 0 aromatic carbocycles. The standard InChI is InChI=1S/C10H16O3/c1-2-12-9(11)10(8-7-13-8)5-3-4-6-10/h8H,2-7H2,1H3/t8-/m0/s1. The van der Waals surface area contributed by atoms with E-state index < -0.39 is 0 Å². The van der Waals surface area contributed by atoms with Crippen LogP contribution in [0, 0.1) is 5.41 Å². The fraction of sp³-hybridized carbons (Fsp3) is 0.900. The van der Waals surface area contributed by atoms with Gasteiger partial charge in [-0.25, -0.2) is 0 Å². The zero-order valence-electron chi connectivity index (χ0n) is 8.04. The Kier molecular flexibility index (Phi) is 2.28. The first kappa shape index (κ1) is 9.00. The molecule has 0 unspecified atom stereocenters. The van der Waals surface area contributed by atoms with Gasteiger partial charge in [0.1, 0.15) is 0 Å². The fourth-order valence-electron chi connectivity index (χ4n) is 2.31. The minimum Gasteiger partial charge on any atom is -0.465 e. The first-order valence-electron chi connectivity index (χ1n) is 5.08. The highest BCUT2D eigenvalue weighted by atomic mass is 16.6. The summed E-state index contributed by atoms with van der Waals surface area (Å²) in [5, 5.41) is 0. The van der Waals surface area contributed by atoms with Gasteiger partial charge in [0.15, 0.2) is 0 Å². The van der Waals surface area contributed by atoms with Gasteiger partial charge < -0.3 is 9.47 Å². The molecule has 0 N–H and O–H groups in total. The van der Waals surface area contributed by atoms with Gasteiger partial charge in [0.05, 0.1) is 24.7 Å². The summed E-state index contributed by atoms with van der Waals surface area (Å²) in [6, 6.07) is 0. The van der Waals surface area contributed by atoms with Crippen molar-refractivity contribution in [1.82, 2.24) is 0 Å². The van der Waals surface area contributed by atoms with Gasteiger partial charge in [-0.3, -0.25) is 4.79 Å². The van der Waals surface area contributed by atoms with Crippen molar-refractivity contribution in [2.75, 3.05) is 13.2 Å². The van der Waals surface area contributed by atoms with Crippen molar-refractivity contribution in [3.05, 3.63) is 0 Å². The zero-order valence-corrected chi connectivity index (χ0v) is 8.04. The van der Waals surface area contributed by atoms with Gasteiger partial charge >= 0.3 is 5.97 Å². The average Bonchev–Trinajstić information content (AvgIpc) is 2.85. The number of esters is 1. The maximum absolute atomic E-state index is 11.7. The Morgan fingerprint density at radius 2 is 2.15 bits per heavy atom. The Morgan fingerprint density at radius 1 is 1.54 bits per heavy atom. The first-order chi connectivity index (χ1) is 6.29. The van der Waals surface area contributed by atoms with Crippen molar-refractivity contribution in [3.8, 4) is 0 Å². The highest BCUT2D eigenvalue weighted by Gasteiger charge is 2.54. The molecule has 3 heteroatoms. The Hall–Kier alpha value is -0.570. The van der Waals surface area contributed by atoms with E-state index in [1.807, 2.05) is 6.92 Å². The van der Waals surface area contributed by atoms with Crippen molar-refractivity contribution in [3.63, 3.8) is 0 Å². The number of carbonyl (C=O) groups excluding carboxylic acids is 1. The summed E-state index contributed by atoms with van der Waals surface area (Å²) in [6.07, 6.45) is 4.35. The molecular formula is C10H16O3. The van der Waals surface area contributed by atoms with E-state index in [9.17, 15) is 4.79 Å². The molecule has 1 aliphatic heterocycles. The van der Waals surface area contributed by atoms with E-state index in [0.29, 0.717) is 6.61 Å². The minimum atomic E-state index is -0.268. The van der Waals surface area contributed by atoms with Crippen molar-refractivity contribution in [2.24, 2.45) is 5.41 Å². The number of ether oxygens (including phenoxy) is 2. The van der Waals surface area contributed by atoms with Crippen LogP contribution in [-0.2, 0) is 14.3 Å². The summed E-state index contributed by atoms with van der Waals surface area (Å²) in [7, 11) is 0. The first-order valence-corrected chi connectivity index (χ1v) is 5.08. The summed E-state index contributed by atoms with van der Waals surface area (Å²) in [4.78, 5) is 11.7. The predicted octanol–water partition coefficient (Wildman–Crippen LogP) is 1.51. The molecule has 1 heterocycles. The topological polar surface area (TPSA) is 38.8 Å². The van der Waals surface area contributed by atoms with Crippen molar-refractivity contribution in [1.29, 1.82) is 0 Å². The second-order valence-electron chi connectivity index (χ2n) is 3.91. The molecule has 0 radical (unpaired) electrons. The third-order valence-electron chi connectivity index (χ3n) is 3.13. The zero-order chi connectivity index (χ0) is 9.31. The molecule has 2 fully saturated rings. The molecular weight excluding hydrogens is 168 g/mol. The lowest BCUT2D eigenvalue weighted by atomic mass is 9.83. The third kappa shape index (κ3) is 1.46. The van der Waals surface area contributed by atoms with Gasteiger partial charge in [-0.2, -0.15) is 0 Å². The molecule has 1 atom stereocenters. The van der Waals surface area contributed by atoms with Crippen LogP contribution in [0.2, 0.25) is 0 Å². The lowest BCUT2D eigenvalue weighted by Crippen LogP contribution is -2.35. The molecule has 0 amide bonds. The quantitative estimate of drug-likeness (QED) is 0.493. The molecule has 0 spiro atoms. The van der Waals surface area contributed by atoms with Crippen LogP contribution < -0.4 is 0 Å². The maximum Gasteiger partial charge on any atom is 0.314 e. The molecule has 1 aliphatic carbocycles. The van der Waals surface area contributed by atoms with Crippen molar-refractivity contribution >= 4 is 5.97 Å². The molecule has 0 aromatic heterocycles. The van der Waals surface area contributed by atoms with Crippen LogP contribution in [0.3, 0.4) is 0 Å². The molecule has 1 saturated carbocycles. The number of hydrogen-bond donors (Lipinski definition) is 0. The number of rotatable bonds is 3. The van der Waals surface area contributed by atoms with Gasteiger partial charge in [0, 0.05) is 0 Å². The van der Waals surface area contributed by atoms with Gasteiger partial charge in [-0.05, 0) is 19.8 Å². The minimum absolute atomic E-state index is 0.0324. The molecule has 0 aromatic rings. The van der Waals surface area contributed by atoms with E-state index in [0.717, 1.165) is 32.3 Å². The fourth-order valence-corrected chi connectivity index (χ4v) is 2.31. The molecule has 74 valence electrons. The van der Waals surface area contributed by atoms with E-state index in [-0.39, 0.29) is 17.5 Å². The third-order valence-corrected chi connectivity index (χ3v) is 3.13. The summed E-state index contributed by atoms with van der Waals surface area (Å²) in [5.74, 6) is -0.0324. The van der Waals surface area contributed by atoms with E-state index in [1.165, 1.54) is 0 Å². The van der Waals surface area contributed by atoms with E-state index in [1.54, 1.807) is 0 Å². The number of epoxide rings is 1. The molecule has 3 nitrogen and oxygen atoms in total. The van der Waals surface area contributed by atoms with E-state index in [4.69, 9.17) is 9.47 Å². The molecule has 2 aliphatic rings. The van der Waals surface area contributed by atoms with Crippen molar-refractivity contribution < 1.29 is 14.3 Å². The van der Waals surface area contributed by atoms with Gasteiger partial charge in [0.25, 0.3) is 0 Å². The summed E-state index contributed by atoms with van der Waals surface area (Å²) in [6.45, 7) is 3.08. The Morgan fingerprint density at radius 3 is 2.62 bits per heavy atom. The second-order valence-corrected chi connectivity index (χ2v) is 3.91. The lowest BCUT2D eigenvalue weighted by molar-refractivity contribution is -0.156. The monoisotopic (exact) mass is 184 g/mol. The number of carbonyl (C=O) groups is 1. The van der Waals surface area contributed by atoms with Crippen LogP contribution in [0.1, 0.15) is 32.6 Å². The highest BCUT2D eigenvalue weighted by Crippen LogP contribution is 2.47. The molecule has 0 bridgehead atoms. The van der Waals surface area contributed by atoms with Gasteiger partial charge in [-0.15, -0.1) is 0 Å². The van der Waals surface area contributed by atoms with Crippen LogP contribution in [-0.4, -0.2) is 25.3 Å². The lowest BCUT2D eigenvalue weighted by Gasteiger charge is -2.23. The van der Waals surface area contributed by atoms with Crippen LogP contribution in [0.5, 0.6) is 0 Å². The van der Waals surface area contributed by atoms with Crippen LogP contribution in [0.15, 0.2) is 0 Å². The highest BCUT2D eigenvalue weighted by molar-refractivity contribution is 5.78. The SMILES string of the molecule is CCOC(=O)C1([C@@H]2CO2)CCCC1. The molecule has 13 heavy (non-hydrogen) atoms. The van der Waals surface area contributed by atoms with Crippen molar-refractivity contribution in [2.45, 2.75) is 38.7 Å². The normalized spacial score (nSPS) is 30.1. The largest absolute Gasteiger partial charge is 0.465 e. The Balaban J connectivity index is 2.07. The molecule has 2 rings (SSSR count). The van der Waals surface area contributed by atoms with Crippen LogP contribution in [0.4, 0.5) is 0 Å². The summed E-state index contributed by atoms with van der Waals surface area (Å²) >= 11 is 0. The van der Waals surface area contributed by atoms with E-state index in [2.05, 4.69) is 0 Å². The molecule has 1 saturated heterocycles. The van der Waals surface area contributed by atoms with Gasteiger partial charge in [-0.1, -0.05) is 12.8 Å². The maximum atomic E-state index is 11.7. The smallest absolute Gasteiger partial charge is 0.314 e. The summed E-state index contributed by atoms with van der Waals surface area (Å²) in [5.41, 5.74) is -0.268. The Bertz CT molecular complexity index is 202. The average molecular weight is 184 g/mol. The Labute approximate surface area is 78.4 Å². The van der Waals surface area contributed by atoms with Crippen LogP contribution >= 0.6 is 0 Å². The number of hydrogen-bond acceptors (Lipinski definition) is 3. The van der Waals surface area contributed by atoms with Crippen LogP contribution in [0.25, 0.3) is 0 Å².